The van der Waals surface area contributed by atoms with E-state index in [1.165, 1.54) is 30.3 Å². The molecule has 0 atom stereocenters. The third-order valence-corrected chi connectivity index (χ3v) is 7.28. The average molecular weight is 658 g/mol. The number of benzene rings is 4. The van der Waals surface area contributed by atoms with Gasteiger partial charge in [-0.3, -0.25) is 9.69 Å². The third kappa shape index (κ3) is 11.1. The van der Waals surface area contributed by atoms with E-state index in [2.05, 4.69) is 4.74 Å². The molecule has 248 valence electrons. The zero-order chi connectivity index (χ0) is 34.0. The summed E-state index contributed by atoms with van der Waals surface area (Å²) >= 11 is 0. The summed E-state index contributed by atoms with van der Waals surface area (Å²) in [7, 11) is 0. The van der Waals surface area contributed by atoms with Gasteiger partial charge in [0.25, 0.3) is 0 Å². The number of halogens is 5. The smallest absolute Gasteiger partial charge is 0.489 e. The van der Waals surface area contributed by atoms with E-state index in [0.717, 1.165) is 23.8 Å². The van der Waals surface area contributed by atoms with Gasteiger partial charge in [0.05, 0.1) is 5.56 Å². The lowest BCUT2D eigenvalue weighted by Crippen LogP contribution is -2.27. The fourth-order valence-electron chi connectivity index (χ4n) is 4.93. The second-order valence-electron chi connectivity index (χ2n) is 10.8. The normalized spacial score (nSPS) is 11.4. The van der Waals surface area contributed by atoms with Crippen molar-refractivity contribution in [3.8, 4) is 22.6 Å². The Bertz CT molecular complexity index is 1660. The van der Waals surface area contributed by atoms with Gasteiger partial charge in [0.15, 0.2) is 0 Å². The molecule has 0 aromatic heterocycles. The number of rotatable bonds is 16. The second-order valence-corrected chi connectivity index (χ2v) is 10.8. The fourth-order valence-corrected chi connectivity index (χ4v) is 4.93. The molecule has 0 saturated carbocycles. The number of carboxylic acid groups (broad SMARTS) is 2. The topological polar surface area (TPSA) is 96.3 Å². The number of unbranched alkanes of at least 4 members (excludes halogenated alkanes) is 1. The van der Waals surface area contributed by atoms with Crippen LogP contribution in [-0.2, 0) is 24.4 Å². The zero-order valence-electron chi connectivity index (χ0n) is 25.1. The van der Waals surface area contributed by atoms with Crippen molar-refractivity contribution in [3.63, 3.8) is 0 Å². The van der Waals surface area contributed by atoms with Crippen molar-refractivity contribution in [2.24, 2.45) is 0 Å². The first kappa shape index (κ1) is 34.9. The maximum absolute atomic E-state index is 14.2. The van der Waals surface area contributed by atoms with E-state index in [1.807, 2.05) is 4.90 Å². The van der Waals surface area contributed by atoms with Crippen molar-refractivity contribution in [1.29, 1.82) is 0 Å². The largest absolute Gasteiger partial charge is 0.573 e. The SMILES string of the molecule is O=C(O)CCCCN(CCc1cc(OC(F)(F)F)ccc1OCc1ccc(-c2ccc(F)cc2F)cc1)Cc1ccc(C(=O)O)cc1. The first-order chi connectivity index (χ1) is 22.4. The number of aromatic carboxylic acids is 1. The molecule has 0 aliphatic carbocycles. The molecule has 0 radical (unpaired) electrons. The van der Waals surface area contributed by atoms with E-state index in [9.17, 15) is 36.6 Å². The molecule has 4 aromatic carbocycles. The Kier molecular flexibility index (Phi) is 11.9. The Hall–Kier alpha value is -4.97. The first-order valence-corrected chi connectivity index (χ1v) is 14.7. The summed E-state index contributed by atoms with van der Waals surface area (Å²) in [6, 6.07) is 20.1. The summed E-state index contributed by atoms with van der Waals surface area (Å²) in [6.45, 7) is 1.29. The molecule has 7 nitrogen and oxygen atoms in total. The monoisotopic (exact) mass is 657 g/mol. The van der Waals surface area contributed by atoms with Crippen molar-refractivity contribution >= 4 is 11.9 Å². The fraction of sp³-hybridized carbons (Fsp3) is 0.257. The summed E-state index contributed by atoms with van der Waals surface area (Å²) in [4.78, 5) is 24.2. The molecule has 0 aliphatic rings. The molecule has 47 heavy (non-hydrogen) atoms. The molecule has 0 spiro atoms. The van der Waals surface area contributed by atoms with Crippen LogP contribution < -0.4 is 9.47 Å². The minimum Gasteiger partial charge on any atom is -0.489 e. The minimum atomic E-state index is -4.90. The van der Waals surface area contributed by atoms with E-state index < -0.39 is 35.7 Å². The number of nitrogens with zero attached hydrogens (tertiary/aromatic N) is 1. The Balaban J connectivity index is 1.50. The lowest BCUT2D eigenvalue weighted by Gasteiger charge is -2.23. The van der Waals surface area contributed by atoms with Gasteiger partial charge in [0, 0.05) is 31.1 Å². The molecule has 0 fully saturated rings. The third-order valence-electron chi connectivity index (χ3n) is 7.28. The Morgan fingerprint density at radius 2 is 1.49 bits per heavy atom. The molecule has 2 N–H and O–H groups in total. The van der Waals surface area contributed by atoms with Gasteiger partial charge in [-0.05, 0) is 90.5 Å². The maximum atomic E-state index is 14.2. The number of hydrogen-bond donors (Lipinski definition) is 2. The number of carbonyl (C=O) groups is 2. The van der Waals surface area contributed by atoms with Crippen LogP contribution in [0.5, 0.6) is 11.5 Å². The van der Waals surface area contributed by atoms with E-state index in [4.69, 9.17) is 9.84 Å². The highest BCUT2D eigenvalue weighted by molar-refractivity contribution is 5.87. The van der Waals surface area contributed by atoms with Crippen LogP contribution in [0.15, 0.2) is 84.9 Å². The number of carboxylic acids is 2. The molecule has 0 saturated heterocycles. The first-order valence-electron chi connectivity index (χ1n) is 14.7. The van der Waals surface area contributed by atoms with Gasteiger partial charge < -0.3 is 19.7 Å². The maximum Gasteiger partial charge on any atom is 0.573 e. The summed E-state index contributed by atoms with van der Waals surface area (Å²) in [5, 5.41) is 18.2. The van der Waals surface area contributed by atoms with Gasteiger partial charge >= 0.3 is 18.3 Å². The van der Waals surface area contributed by atoms with E-state index in [1.54, 1.807) is 36.4 Å². The highest BCUT2D eigenvalue weighted by Crippen LogP contribution is 2.30. The van der Waals surface area contributed by atoms with Crippen molar-refractivity contribution in [3.05, 3.63) is 119 Å². The highest BCUT2D eigenvalue weighted by Gasteiger charge is 2.31. The minimum absolute atomic E-state index is 0.00418. The van der Waals surface area contributed by atoms with Gasteiger partial charge in [-0.15, -0.1) is 13.2 Å². The molecule has 4 aromatic rings. The van der Waals surface area contributed by atoms with Crippen LogP contribution in [0, 0.1) is 11.6 Å². The molecule has 0 amide bonds. The molecular weight excluding hydrogens is 625 g/mol. The number of ether oxygens (including phenoxy) is 2. The Morgan fingerprint density at radius 1 is 0.787 bits per heavy atom. The summed E-state index contributed by atoms with van der Waals surface area (Å²) in [5.74, 6) is -3.45. The lowest BCUT2D eigenvalue weighted by atomic mass is 10.0. The number of hydrogen-bond acceptors (Lipinski definition) is 5. The van der Waals surface area contributed by atoms with Crippen molar-refractivity contribution in [2.75, 3.05) is 13.1 Å². The van der Waals surface area contributed by atoms with Crippen LogP contribution in [-0.4, -0.2) is 46.5 Å². The predicted molar refractivity (Wildman–Crippen MR) is 163 cm³/mol. The molecule has 0 unspecified atom stereocenters. The van der Waals surface area contributed by atoms with Gasteiger partial charge in [-0.25, -0.2) is 13.6 Å². The zero-order valence-corrected chi connectivity index (χ0v) is 25.1. The van der Waals surface area contributed by atoms with Crippen LogP contribution in [0.3, 0.4) is 0 Å². The Labute approximate surface area is 267 Å². The Morgan fingerprint density at radius 3 is 2.13 bits per heavy atom. The molecular formula is C35H32F5NO6. The number of aliphatic carboxylic acids is 1. The van der Waals surface area contributed by atoms with Crippen LogP contribution in [0.2, 0.25) is 0 Å². The summed E-state index contributed by atoms with van der Waals surface area (Å²) < 4.78 is 76.7. The van der Waals surface area contributed by atoms with Crippen molar-refractivity contribution < 1.29 is 51.2 Å². The van der Waals surface area contributed by atoms with Gasteiger partial charge in [-0.2, -0.15) is 0 Å². The predicted octanol–water partition coefficient (Wildman–Crippen LogP) is 8.11. The molecule has 0 heterocycles. The van der Waals surface area contributed by atoms with Crippen LogP contribution >= 0.6 is 0 Å². The quantitative estimate of drug-likeness (QED) is 0.0929. The second kappa shape index (κ2) is 16.0. The van der Waals surface area contributed by atoms with Gasteiger partial charge in [0.1, 0.15) is 29.7 Å². The number of alkyl halides is 3. The molecule has 12 heteroatoms. The van der Waals surface area contributed by atoms with Crippen LogP contribution in [0.25, 0.3) is 11.1 Å². The summed E-state index contributed by atoms with van der Waals surface area (Å²) in [6.07, 6.45) is -3.67. The van der Waals surface area contributed by atoms with Crippen molar-refractivity contribution in [1.82, 2.24) is 4.90 Å². The molecule has 4 rings (SSSR count). The van der Waals surface area contributed by atoms with Crippen molar-refractivity contribution in [2.45, 2.75) is 45.2 Å². The lowest BCUT2D eigenvalue weighted by molar-refractivity contribution is -0.274. The van der Waals surface area contributed by atoms with Crippen LogP contribution in [0.4, 0.5) is 22.0 Å². The van der Waals surface area contributed by atoms with Gasteiger partial charge in [-0.1, -0.05) is 36.4 Å². The standard InChI is InChI=1S/C35H32F5NO6/c36-28-12-14-30(31(37)20-28)25-8-6-24(7-9-25)22-46-32-15-13-29(47-35(38,39)40)19-27(32)16-18-41(17-2-1-3-33(42)43)21-23-4-10-26(11-5-23)34(44)45/h4-15,19-20H,1-3,16-18,21-22H2,(H,42,43)(H,44,45). The van der Waals surface area contributed by atoms with Gasteiger partial charge in [0.2, 0.25) is 0 Å². The van der Waals surface area contributed by atoms with E-state index in [-0.39, 0.29) is 30.6 Å². The van der Waals surface area contributed by atoms with E-state index >= 15 is 0 Å². The molecule has 0 aliphatic heterocycles. The van der Waals surface area contributed by atoms with E-state index in [0.29, 0.717) is 54.9 Å². The average Bonchev–Trinajstić information content (AvgIpc) is 3.01. The molecule has 0 bridgehead atoms. The highest BCUT2D eigenvalue weighted by atomic mass is 19.4. The van der Waals surface area contributed by atoms with Crippen LogP contribution in [0.1, 0.15) is 46.3 Å². The summed E-state index contributed by atoms with van der Waals surface area (Å²) in [5.41, 5.74) is 2.83.